The molecule has 6 heteroatoms. The lowest BCUT2D eigenvalue weighted by molar-refractivity contribution is 0.280. The van der Waals surface area contributed by atoms with Gasteiger partial charge in [0.25, 0.3) is 0 Å². The van der Waals surface area contributed by atoms with Crippen molar-refractivity contribution >= 4 is 21.6 Å². The van der Waals surface area contributed by atoms with Gasteiger partial charge in [0.15, 0.2) is 0 Å². The number of hydrogen-bond acceptors (Lipinski definition) is 3. The number of benzene rings is 1. The molecule has 108 valence electrons. The Morgan fingerprint density at radius 2 is 2.05 bits per heavy atom. The highest BCUT2D eigenvalue weighted by Crippen LogP contribution is 2.22. The van der Waals surface area contributed by atoms with E-state index < -0.39 is 10.0 Å². The number of rotatable bonds is 7. The SMILES string of the molecule is Cc1cc(Cl)ccc1OCCC(C)CCS(N)(=O)=O. The second-order valence-electron chi connectivity index (χ2n) is 4.81. The van der Waals surface area contributed by atoms with Gasteiger partial charge in [0.2, 0.25) is 10.0 Å². The molecule has 0 saturated carbocycles. The van der Waals surface area contributed by atoms with Crippen LogP contribution in [0.15, 0.2) is 18.2 Å². The monoisotopic (exact) mass is 305 g/mol. The Kier molecular flexibility index (Phi) is 6.10. The standard InChI is InChI=1S/C13H20ClNO3S/c1-10(6-8-19(15,16)17)5-7-18-13-4-3-12(14)9-11(13)2/h3-4,9-10H,5-8H2,1-2H3,(H2,15,16,17). The smallest absolute Gasteiger partial charge is 0.209 e. The first-order chi connectivity index (χ1) is 8.78. The van der Waals surface area contributed by atoms with E-state index in [0.29, 0.717) is 18.1 Å². The summed E-state index contributed by atoms with van der Waals surface area (Å²) in [7, 11) is -3.36. The summed E-state index contributed by atoms with van der Waals surface area (Å²) in [6.45, 7) is 4.48. The number of primary sulfonamides is 1. The molecule has 0 aromatic heterocycles. The summed E-state index contributed by atoms with van der Waals surface area (Å²) in [5.41, 5.74) is 0.990. The molecule has 0 fully saturated rings. The molecular weight excluding hydrogens is 286 g/mol. The van der Waals surface area contributed by atoms with Crippen molar-refractivity contribution in [3.63, 3.8) is 0 Å². The van der Waals surface area contributed by atoms with Crippen molar-refractivity contribution in [1.82, 2.24) is 0 Å². The molecule has 0 aliphatic carbocycles. The van der Waals surface area contributed by atoms with Crippen LogP contribution in [0, 0.1) is 12.8 Å². The van der Waals surface area contributed by atoms with Gasteiger partial charge in [0.05, 0.1) is 12.4 Å². The van der Waals surface area contributed by atoms with Crippen LogP contribution in [-0.2, 0) is 10.0 Å². The number of sulfonamides is 1. The molecule has 19 heavy (non-hydrogen) atoms. The van der Waals surface area contributed by atoms with Crippen LogP contribution in [0.3, 0.4) is 0 Å². The average Bonchev–Trinajstić information content (AvgIpc) is 2.28. The zero-order chi connectivity index (χ0) is 14.5. The van der Waals surface area contributed by atoms with Gasteiger partial charge in [0.1, 0.15) is 5.75 Å². The van der Waals surface area contributed by atoms with Crippen molar-refractivity contribution < 1.29 is 13.2 Å². The minimum atomic E-state index is -3.36. The van der Waals surface area contributed by atoms with Gasteiger partial charge in [-0.1, -0.05) is 18.5 Å². The first-order valence-corrected chi connectivity index (χ1v) is 8.26. The lowest BCUT2D eigenvalue weighted by Gasteiger charge is -2.13. The Morgan fingerprint density at radius 3 is 2.63 bits per heavy atom. The molecule has 1 atom stereocenters. The predicted octanol–water partition coefficient (Wildman–Crippen LogP) is 2.73. The van der Waals surface area contributed by atoms with E-state index in [-0.39, 0.29) is 11.7 Å². The molecule has 0 aliphatic rings. The van der Waals surface area contributed by atoms with E-state index in [2.05, 4.69) is 0 Å². The molecular formula is C13H20ClNO3S. The van der Waals surface area contributed by atoms with E-state index in [1.807, 2.05) is 26.0 Å². The van der Waals surface area contributed by atoms with Gasteiger partial charge in [0, 0.05) is 5.02 Å². The Balaban J connectivity index is 2.33. The maximum absolute atomic E-state index is 10.8. The normalized spacial score (nSPS) is 13.3. The lowest BCUT2D eigenvalue weighted by Crippen LogP contribution is -2.18. The van der Waals surface area contributed by atoms with Crippen LogP contribution in [-0.4, -0.2) is 20.8 Å². The van der Waals surface area contributed by atoms with Crippen LogP contribution in [0.4, 0.5) is 0 Å². The molecule has 4 nitrogen and oxygen atoms in total. The molecule has 1 rings (SSSR count). The van der Waals surface area contributed by atoms with Gasteiger partial charge in [-0.15, -0.1) is 0 Å². The van der Waals surface area contributed by atoms with E-state index in [1.165, 1.54) is 0 Å². The van der Waals surface area contributed by atoms with Gasteiger partial charge in [-0.2, -0.15) is 0 Å². The highest BCUT2D eigenvalue weighted by atomic mass is 35.5. The van der Waals surface area contributed by atoms with Gasteiger partial charge >= 0.3 is 0 Å². The first-order valence-electron chi connectivity index (χ1n) is 6.17. The predicted molar refractivity (Wildman–Crippen MR) is 78.1 cm³/mol. The third-order valence-electron chi connectivity index (χ3n) is 2.90. The molecule has 0 heterocycles. The summed E-state index contributed by atoms with van der Waals surface area (Å²) < 4.78 is 27.3. The Morgan fingerprint density at radius 1 is 1.37 bits per heavy atom. The molecule has 0 saturated heterocycles. The molecule has 2 N–H and O–H groups in total. The first kappa shape index (κ1) is 16.3. The molecule has 0 radical (unpaired) electrons. The van der Waals surface area contributed by atoms with Gasteiger partial charge in [-0.05, 0) is 49.4 Å². The van der Waals surface area contributed by atoms with Crippen LogP contribution in [0.1, 0.15) is 25.3 Å². The third kappa shape index (κ3) is 6.80. The maximum Gasteiger partial charge on any atom is 0.209 e. The second-order valence-corrected chi connectivity index (χ2v) is 6.98. The molecule has 0 bridgehead atoms. The quantitative estimate of drug-likeness (QED) is 0.842. The molecule has 1 unspecified atom stereocenters. The molecule has 1 aromatic carbocycles. The van der Waals surface area contributed by atoms with Crippen molar-refractivity contribution in [3.05, 3.63) is 28.8 Å². The number of nitrogens with two attached hydrogens (primary N) is 1. The summed E-state index contributed by atoms with van der Waals surface area (Å²) in [4.78, 5) is 0. The van der Waals surface area contributed by atoms with Crippen LogP contribution in [0.2, 0.25) is 5.02 Å². The van der Waals surface area contributed by atoms with Crippen LogP contribution in [0.25, 0.3) is 0 Å². The molecule has 1 aromatic rings. The number of ether oxygens (including phenoxy) is 1. The van der Waals surface area contributed by atoms with Crippen LogP contribution >= 0.6 is 11.6 Å². The summed E-state index contributed by atoms with van der Waals surface area (Å²) in [6, 6.07) is 5.47. The molecule has 0 spiro atoms. The van der Waals surface area contributed by atoms with Crippen molar-refractivity contribution in [2.45, 2.75) is 26.7 Å². The van der Waals surface area contributed by atoms with E-state index in [4.69, 9.17) is 21.5 Å². The summed E-state index contributed by atoms with van der Waals surface area (Å²) in [5, 5.41) is 5.65. The van der Waals surface area contributed by atoms with Crippen LogP contribution < -0.4 is 9.88 Å². The number of halogens is 1. The van der Waals surface area contributed by atoms with E-state index >= 15 is 0 Å². The zero-order valence-corrected chi connectivity index (χ0v) is 12.8. The van der Waals surface area contributed by atoms with E-state index in [1.54, 1.807) is 6.07 Å². The summed E-state index contributed by atoms with van der Waals surface area (Å²) in [6.07, 6.45) is 1.35. The van der Waals surface area contributed by atoms with E-state index in [0.717, 1.165) is 17.7 Å². The number of hydrogen-bond donors (Lipinski definition) is 1. The Bertz CT molecular complexity index is 517. The van der Waals surface area contributed by atoms with Crippen molar-refractivity contribution in [1.29, 1.82) is 0 Å². The second kappa shape index (κ2) is 7.12. The maximum atomic E-state index is 10.8. The number of aryl methyl sites for hydroxylation is 1. The highest BCUT2D eigenvalue weighted by Gasteiger charge is 2.09. The Hall–Kier alpha value is -0.780. The lowest BCUT2D eigenvalue weighted by atomic mass is 10.1. The van der Waals surface area contributed by atoms with Crippen molar-refractivity contribution in [3.8, 4) is 5.75 Å². The zero-order valence-electron chi connectivity index (χ0n) is 11.2. The topological polar surface area (TPSA) is 69.4 Å². The molecule has 0 amide bonds. The van der Waals surface area contributed by atoms with E-state index in [9.17, 15) is 8.42 Å². The van der Waals surface area contributed by atoms with Gasteiger partial charge in [-0.25, -0.2) is 13.6 Å². The van der Waals surface area contributed by atoms with Crippen molar-refractivity contribution in [2.24, 2.45) is 11.1 Å². The van der Waals surface area contributed by atoms with Crippen molar-refractivity contribution in [2.75, 3.05) is 12.4 Å². The fourth-order valence-electron chi connectivity index (χ4n) is 1.65. The molecule has 0 aliphatic heterocycles. The highest BCUT2D eigenvalue weighted by molar-refractivity contribution is 7.89. The minimum absolute atomic E-state index is 0.0220. The Labute approximate surface area is 120 Å². The van der Waals surface area contributed by atoms with Gasteiger partial charge < -0.3 is 4.74 Å². The fraction of sp³-hybridized carbons (Fsp3) is 0.538. The minimum Gasteiger partial charge on any atom is -0.493 e. The summed E-state index contributed by atoms with van der Waals surface area (Å²) >= 11 is 5.86. The van der Waals surface area contributed by atoms with Crippen LogP contribution in [0.5, 0.6) is 5.75 Å². The average molecular weight is 306 g/mol. The largest absolute Gasteiger partial charge is 0.493 e. The summed E-state index contributed by atoms with van der Waals surface area (Å²) in [5.74, 6) is 1.09. The third-order valence-corrected chi connectivity index (χ3v) is 3.94. The fourth-order valence-corrected chi connectivity index (χ4v) is 2.61. The van der Waals surface area contributed by atoms with Gasteiger partial charge in [-0.3, -0.25) is 0 Å².